The maximum atomic E-state index is 13.9. The molecule has 0 aromatic heterocycles. The lowest BCUT2D eigenvalue weighted by atomic mass is 9.88. The second-order valence-corrected chi connectivity index (χ2v) is 6.15. The molecule has 100 valence electrons. The second-order valence-electron chi connectivity index (χ2n) is 5.23. The van der Waals surface area contributed by atoms with Crippen molar-refractivity contribution in [3.63, 3.8) is 0 Å². The standard InChI is InChI=1S/C15H21BrFN/c1-18-15-6-4-2-3-5-12(15)9-11-7-8-13(16)10-14(11)17/h7-8,10,12,15,18H,2-6,9H2,1H3. The molecule has 2 rings (SSSR count). The fourth-order valence-electron chi connectivity index (χ4n) is 2.98. The Morgan fingerprint density at radius 2 is 2.06 bits per heavy atom. The van der Waals surface area contributed by atoms with Crippen LogP contribution in [0.4, 0.5) is 4.39 Å². The van der Waals surface area contributed by atoms with E-state index in [1.165, 1.54) is 32.1 Å². The Bertz CT molecular complexity index is 394. The van der Waals surface area contributed by atoms with Gasteiger partial charge in [0.25, 0.3) is 0 Å². The van der Waals surface area contributed by atoms with Crippen molar-refractivity contribution in [1.82, 2.24) is 5.32 Å². The van der Waals surface area contributed by atoms with E-state index in [1.807, 2.05) is 19.2 Å². The van der Waals surface area contributed by atoms with Crippen molar-refractivity contribution in [1.29, 1.82) is 0 Å². The van der Waals surface area contributed by atoms with Crippen molar-refractivity contribution in [2.24, 2.45) is 5.92 Å². The van der Waals surface area contributed by atoms with E-state index in [2.05, 4.69) is 21.2 Å². The van der Waals surface area contributed by atoms with E-state index in [9.17, 15) is 4.39 Å². The zero-order valence-electron chi connectivity index (χ0n) is 10.9. The van der Waals surface area contributed by atoms with Crippen LogP contribution in [0.1, 0.15) is 37.7 Å². The molecule has 18 heavy (non-hydrogen) atoms. The number of rotatable bonds is 3. The Morgan fingerprint density at radius 3 is 2.78 bits per heavy atom. The lowest BCUT2D eigenvalue weighted by molar-refractivity contribution is 0.346. The van der Waals surface area contributed by atoms with E-state index >= 15 is 0 Å². The Hall–Kier alpha value is -0.410. The lowest BCUT2D eigenvalue weighted by Gasteiger charge is -2.25. The van der Waals surface area contributed by atoms with Gasteiger partial charge >= 0.3 is 0 Å². The van der Waals surface area contributed by atoms with Crippen LogP contribution in [0.15, 0.2) is 22.7 Å². The van der Waals surface area contributed by atoms with Gasteiger partial charge in [-0.15, -0.1) is 0 Å². The average Bonchev–Trinajstić information content (AvgIpc) is 2.57. The largest absolute Gasteiger partial charge is 0.317 e. The summed E-state index contributed by atoms with van der Waals surface area (Å²) in [6, 6.07) is 5.96. The minimum Gasteiger partial charge on any atom is -0.317 e. The van der Waals surface area contributed by atoms with Gasteiger partial charge in [-0.3, -0.25) is 0 Å². The first-order valence-electron chi connectivity index (χ1n) is 6.82. The molecule has 3 heteroatoms. The van der Waals surface area contributed by atoms with Gasteiger partial charge < -0.3 is 5.32 Å². The highest BCUT2D eigenvalue weighted by atomic mass is 79.9. The number of nitrogens with one attached hydrogen (secondary N) is 1. The number of halogens is 2. The molecule has 1 N–H and O–H groups in total. The molecule has 1 nitrogen and oxygen atoms in total. The van der Waals surface area contributed by atoms with Gasteiger partial charge in [-0.05, 0) is 49.9 Å². The fraction of sp³-hybridized carbons (Fsp3) is 0.600. The first kappa shape index (κ1) is 14.0. The van der Waals surface area contributed by atoms with Gasteiger partial charge in [-0.25, -0.2) is 4.39 Å². The van der Waals surface area contributed by atoms with Crippen LogP contribution in [-0.2, 0) is 6.42 Å². The van der Waals surface area contributed by atoms with Crippen LogP contribution in [-0.4, -0.2) is 13.1 Å². The summed E-state index contributed by atoms with van der Waals surface area (Å²) in [5.41, 5.74) is 0.852. The SMILES string of the molecule is CNC1CCCCCC1Cc1ccc(Br)cc1F. The molecule has 0 aliphatic heterocycles. The molecule has 1 aromatic carbocycles. The zero-order valence-corrected chi connectivity index (χ0v) is 12.5. The molecule has 1 aliphatic carbocycles. The highest BCUT2D eigenvalue weighted by molar-refractivity contribution is 9.10. The second kappa shape index (κ2) is 6.67. The molecule has 1 aliphatic rings. The van der Waals surface area contributed by atoms with Crippen LogP contribution >= 0.6 is 15.9 Å². The molecular formula is C15H21BrFN. The summed E-state index contributed by atoms with van der Waals surface area (Å²) >= 11 is 3.31. The molecular weight excluding hydrogens is 293 g/mol. The third kappa shape index (κ3) is 3.55. The minimum absolute atomic E-state index is 0.0801. The number of hydrogen-bond acceptors (Lipinski definition) is 1. The van der Waals surface area contributed by atoms with Crippen LogP contribution < -0.4 is 5.32 Å². The van der Waals surface area contributed by atoms with E-state index < -0.39 is 0 Å². The predicted molar refractivity (Wildman–Crippen MR) is 77.2 cm³/mol. The summed E-state index contributed by atoms with van der Waals surface area (Å²) in [6.45, 7) is 0. The van der Waals surface area contributed by atoms with E-state index in [0.717, 1.165) is 16.5 Å². The smallest absolute Gasteiger partial charge is 0.127 e. The maximum Gasteiger partial charge on any atom is 0.127 e. The zero-order chi connectivity index (χ0) is 13.0. The summed E-state index contributed by atoms with van der Waals surface area (Å²) in [5, 5.41) is 3.41. The Kier molecular flexibility index (Phi) is 5.19. The summed E-state index contributed by atoms with van der Waals surface area (Å²) in [4.78, 5) is 0. The molecule has 2 unspecified atom stereocenters. The molecule has 1 fully saturated rings. The van der Waals surface area contributed by atoms with Crippen molar-refractivity contribution < 1.29 is 4.39 Å². The highest BCUT2D eigenvalue weighted by Crippen LogP contribution is 2.28. The van der Waals surface area contributed by atoms with Crippen molar-refractivity contribution in [2.75, 3.05) is 7.05 Å². The van der Waals surface area contributed by atoms with Crippen molar-refractivity contribution in [2.45, 2.75) is 44.6 Å². The summed E-state index contributed by atoms with van der Waals surface area (Å²) in [7, 11) is 2.03. The molecule has 0 radical (unpaired) electrons. The van der Waals surface area contributed by atoms with E-state index in [4.69, 9.17) is 0 Å². The van der Waals surface area contributed by atoms with Crippen LogP contribution in [0.3, 0.4) is 0 Å². The summed E-state index contributed by atoms with van der Waals surface area (Å²) in [6.07, 6.45) is 7.17. The van der Waals surface area contributed by atoms with Crippen molar-refractivity contribution >= 4 is 15.9 Å². The van der Waals surface area contributed by atoms with E-state index in [-0.39, 0.29) is 5.82 Å². The normalized spacial score (nSPS) is 24.8. The lowest BCUT2D eigenvalue weighted by Crippen LogP contribution is -2.34. The molecule has 0 heterocycles. The predicted octanol–water partition coefficient (Wildman–Crippen LogP) is 4.30. The molecule has 0 amide bonds. The van der Waals surface area contributed by atoms with Gasteiger partial charge in [-0.1, -0.05) is 41.3 Å². The number of hydrogen-bond donors (Lipinski definition) is 1. The van der Waals surface area contributed by atoms with Crippen LogP contribution in [0.25, 0.3) is 0 Å². The monoisotopic (exact) mass is 313 g/mol. The molecule has 0 bridgehead atoms. The highest BCUT2D eigenvalue weighted by Gasteiger charge is 2.23. The van der Waals surface area contributed by atoms with Crippen LogP contribution in [0, 0.1) is 11.7 Å². The fourth-order valence-corrected chi connectivity index (χ4v) is 3.31. The van der Waals surface area contributed by atoms with Crippen LogP contribution in [0.5, 0.6) is 0 Å². The van der Waals surface area contributed by atoms with Crippen molar-refractivity contribution in [3.8, 4) is 0 Å². The Labute approximate surface area is 117 Å². The molecule has 1 aromatic rings. The van der Waals surface area contributed by atoms with Crippen LogP contribution in [0.2, 0.25) is 0 Å². The van der Waals surface area contributed by atoms with Gasteiger partial charge in [0.15, 0.2) is 0 Å². The van der Waals surface area contributed by atoms with Gasteiger partial charge in [0, 0.05) is 10.5 Å². The molecule has 2 atom stereocenters. The molecule has 1 saturated carbocycles. The van der Waals surface area contributed by atoms with E-state index in [0.29, 0.717) is 12.0 Å². The van der Waals surface area contributed by atoms with Gasteiger partial charge in [0.05, 0.1) is 0 Å². The van der Waals surface area contributed by atoms with E-state index in [1.54, 1.807) is 6.07 Å². The number of benzene rings is 1. The molecule has 0 spiro atoms. The Balaban J connectivity index is 2.10. The first-order valence-corrected chi connectivity index (χ1v) is 7.61. The van der Waals surface area contributed by atoms with Gasteiger partial charge in [0.1, 0.15) is 5.82 Å². The third-order valence-electron chi connectivity index (χ3n) is 4.03. The topological polar surface area (TPSA) is 12.0 Å². The minimum atomic E-state index is -0.0801. The molecule has 0 saturated heterocycles. The maximum absolute atomic E-state index is 13.9. The first-order chi connectivity index (χ1) is 8.70. The average molecular weight is 314 g/mol. The van der Waals surface area contributed by atoms with Gasteiger partial charge in [-0.2, -0.15) is 0 Å². The summed E-state index contributed by atoms with van der Waals surface area (Å²) < 4.78 is 14.7. The van der Waals surface area contributed by atoms with Gasteiger partial charge in [0.2, 0.25) is 0 Å². The summed E-state index contributed by atoms with van der Waals surface area (Å²) in [5.74, 6) is 0.483. The Morgan fingerprint density at radius 1 is 1.28 bits per heavy atom. The van der Waals surface area contributed by atoms with Crippen molar-refractivity contribution in [3.05, 3.63) is 34.1 Å². The third-order valence-corrected chi connectivity index (χ3v) is 4.52. The quantitative estimate of drug-likeness (QED) is 0.820.